The van der Waals surface area contributed by atoms with Gasteiger partial charge in [0.2, 0.25) is 0 Å². The highest BCUT2D eigenvalue weighted by molar-refractivity contribution is 5.21. The molecule has 0 aliphatic heterocycles. The molecule has 1 atom stereocenters. The summed E-state index contributed by atoms with van der Waals surface area (Å²) in [5, 5.41) is 9.93. The molecule has 0 aliphatic carbocycles. The molecule has 0 aliphatic rings. The van der Waals surface area contributed by atoms with Crippen molar-refractivity contribution in [2.24, 2.45) is 0 Å². The zero-order chi connectivity index (χ0) is 11.1. The van der Waals surface area contributed by atoms with E-state index in [1.54, 1.807) is 6.20 Å². The number of terminal acetylenes is 1. The molecule has 1 unspecified atom stereocenters. The fraction of sp³-hybridized carbons (Fsp3) is 0.462. The molecule has 1 aromatic heterocycles. The predicted octanol–water partition coefficient (Wildman–Crippen LogP) is 2.48. The maximum atomic E-state index is 9.93. The fourth-order valence-corrected chi connectivity index (χ4v) is 1.58. The lowest BCUT2D eigenvalue weighted by Gasteiger charge is -2.12. The van der Waals surface area contributed by atoms with E-state index in [9.17, 15) is 5.11 Å². The third kappa shape index (κ3) is 3.38. The van der Waals surface area contributed by atoms with Gasteiger partial charge in [0.05, 0.1) is 11.8 Å². The van der Waals surface area contributed by atoms with Crippen LogP contribution in [0.2, 0.25) is 0 Å². The van der Waals surface area contributed by atoms with Crippen molar-refractivity contribution in [1.82, 2.24) is 4.98 Å². The molecule has 0 spiro atoms. The average molecular weight is 203 g/mol. The summed E-state index contributed by atoms with van der Waals surface area (Å²) < 4.78 is 0. The normalized spacial score (nSPS) is 12.1. The first-order valence-corrected chi connectivity index (χ1v) is 5.35. The molecule has 0 amide bonds. The van der Waals surface area contributed by atoms with Crippen molar-refractivity contribution in [3.63, 3.8) is 0 Å². The summed E-state index contributed by atoms with van der Waals surface area (Å²) >= 11 is 0. The third-order valence-electron chi connectivity index (χ3n) is 2.42. The van der Waals surface area contributed by atoms with Gasteiger partial charge in [0.25, 0.3) is 0 Å². The van der Waals surface area contributed by atoms with Gasteiger partial charge >= 0.3 is 0 Å². The number of aliphatic hydroxyl groups is 1. The van der Waals surface area contributed by atoms with Crippen molar-refractivity contribution in [2.75, 3.05) is 0 Å². The standard InChI is InChI=1S/C13H17NO/c1-3-5-6-9-12(15)13-11(4-2)8-7-10-14-13/h1,7-8,10,12,15H,4-6,9H2,2H3. The Morgan fingerprint density at radius 1 is 1.60 bits per heavy atom. The highest BCUT2D eigenvalue weighted by atomic mass is 16.3. The molecular formula is C13H17NO. The molecule has 15 heavy (non-hydrogen) atoms. The quantitative estimate of drug-likeness (QED) is 0.589. The Bertz CT molecular complexity index is 341. The minimum atomic E-state index is -0.477. The van der Waals surface area contributed by atoms with Crippen LogP contribution in [0.4, 0.5) is 0 Å². The molecular weight excluding hydrogens is 186 g/mol. The highest BCUT2D eigenvalue weighted by Gasteiger charge is 2.11. The molecule has 0 radical (unpaired) electrons. The van der Waals surface area contributed by atoms with E-state index in [2.05, 4.69) is 17.8 Å². The van der Waals surface area contributed by atoms with Crippen LogP contribution in [-0.2, 0) is 6.42 Å². The van der Waals surface area contributed by atoms with E-state index in [1.165, 1.54) is 0 Å². The zero-order valence-electron chi connectivity index (χ0n) is 9.11. The smallest absolute Gasteiger partial charge is 0.0962 e. The number of nitrogens with zero attached hydrogens (tertiary/aromatic N) is 1. The van der Waals surface area contributed by atoms with Gasteiger partial charge in [-0.3, -0.25) is 4.98 Å². The Kier molecular flexibility index (Phi) is 4.86. The molecule has 0 saturated carbocycles. The minimum absolute atomic E-state index is 0.477. The molecule has 2 heteroatoms. The van der Waals surface area contributed by atoms with Crippen molar-refractivity contribution in [3.8, 4) is 12.3 Å². The molecule has 0 aromatic carbocycles. The van der Waals surface area contributed by atoms with Gasteiger partial charge in [-0.05, 0) is 30.9 Å². The number of aliphatic hydroxyl groups excluding tert-OH is 1. The lowest BCUT2D eigenvalue weighted by atomic mass is 10.0. The molecule has 1 rings (SSSR count). The van der Waals surface area contributed by atoms with Crippen LogP contribution >= 0.6 is 0 Å². The van der Waals surface area contributed by atoms with E-state index in [0.29, 0.717) is 12.8 Å². The molecule has 0 fully saturated rings. The van der Waals surface area contributed by atoms with Crippen LogP contribution in [-0.4, -0.2) is 10.1 Å². The van der Waals surface area contributed by atoms with Gasteiger partial charge in [0.15, 0.2) is 0 Å². The first-order chi connectivity index (χ1) is 7.29. The number of aromatic nitrogens is 1. The lowest BCUT2D eigenvalue weighted by molar-refractivity contribution is 0.159. The van der Waals surface area contributed by atoms with E-state index in [-0.39, 0.29) is 0 Å². The number of hydrogen-bond acceptors (Lipinski definition) is 2. The Hall–Kier alpha value is -1.33. The van der Waals surface area contributed by atoms with Crippen LogP contribution in [0, 0.1) is 12.3 Å². The topological polar surface area (TPSA) is 33.1 Å². The van der Waals surface area contributed by atoms with Crippen LogP contribution in [0.15, 0.2) is 18.3 Å². The Balaban J connectivity index is 2.64. The summed E-state index contributed by atoms with van der Waals surface area (Å²) in [5.41, 5.74) is 1.92. The van der Waals surface area contributed by atoms with Gasteiger partial charge in [-0.1, -0.05) is 13.0 Å². The van der Waals surface area contributed by atoms with Gasteiger partial charge in [-0.2, -0.15) is 0 Å². The van der Waals surface area contributed by atoms with Crippen LogP contribution in [0.3, 0.4) is 0 Å². The molecule has 1 heterocycles. The second-order valence-corrected chi connectivity index (χ2v) is 3.51. The van der Waals surface area contributed by atoms with Crippen LogP contribution in [0.5, 0.6) is 0 Å². The number of rotatable bonds is 5. The number of pyridine rings is 1. The second kappa shape index (κ2) is 6.21. The van der Waals surface area contributed by atoms with Crippen LogP contribution in [0.1, 0.15) is 43.5 Å². The van der Waals surface area contributed by atoms with Gasteiger partial charge in [-0.15, -0.1) is 12.3 Å². The molecule has 0 bridgehead atoms. The zero-order valence-corrected chi connectivity index (χ0v) is 9.11. The third-order valence-corrected chi connectivity index (χ3v) is 2.42. The molecule has 1 N–H and O–H groups in total. The van der Waals surface area contributed by atoms with Crippen LogP contribution in [0.25, 0.3) is 0 Å². The van der Waals surface area contributed by atoms with Gasteiger partial charge < -0.3 is 5.11 Å². The van der Waals surface area contributed by atoms with Crippen LogP contribution < -0.4 is 0 Å². The Labute approximate surface area is 91.4 Å². The summed E-state index contributed by atoms with van der Waals surface area (Å²) in [6.07, 6.45) is 9.55. The molecule has 1 aromatic rings. The molecule has 2 nitrogen and oxygen atoms in total. The van der Waals surface area contributed by atoms with Gasteiger partial charge in [-0.25, -0.2) is 0 Å². The number of aryl methyl sites for hydroxylation is 1. The van der Waals surface area contributed by atoms with Gasteiger partial charge in [0.1, 0.15) is 0 Å². The summed E-state index contributed by atoms with van der Waals surface area (Å²) in [6.45, 7) is 2.06. The van der Waals surface area contributed by atoms with E-state index >= 15 is 0 Å². The fourth-order valence-electron chi connectivity index (χ4n) is 1.58. The van der Waals surface area contributed by atoms with Crippen molar-refractivity contribution < 1.29 is 5.11 Å². The highest BCUT2D eigenvalue weighted by Crippen LogP contribution is 2.20. The predicted molar refractivity (Wildman–Crippen MR) is 61.3 cm³/mol. The van der Waals surface area contributed by atoms with Crippen molar-refractivity contribution in [2.45, 2.75) is 38.7 Å². The first kappa shape index (κ1) is 11.7. The largest absolute Gasteiger partial charge is 0.387 e. The molecule has 80 valence electrons. The van der Waals surface area contributed by atoms with E-state index in [1.807, 2.05) is 12.1 Å². The van der Waals surface area contributed by atoms with E-state index < -0.39 is 6.10 Å². The Morgan fingerprint density at radius 2 is 2.40 bits per heavy atom. The first-order valence-electron chi connectivity index (χ1n) is 5.35. The second-order valence-electron chi connectivity index (χ2n) is 3.51. The number of unbranched alkanes of at least 4 members (excludes halogenated alkanes) is 1. The van der Waals surface area contributed by atoms with E-state index in [4.69, 9.17) is 6.42 Å². The maximum Gasteiger partial charge on any atom is 0.0962 e. The average Bonchev–Trinajstić information content (AvgIpc) is 2.29. The molecule has 0 saturated heterocycles. The van der Waals surface area contributed by atoms with Crippen molar-refractivity contribution in [3.05, 3.63) is 29.6 Å². The maximum absolute atomic E-state index is 9.93. The van der Waals surface area contributed by atoms with E-state index in [0.717, 1.165) is 24.1 Å². The summed E-state index contributed by atoms with van der Waals surface area (Å²) in [5.74, 6) is 2.57. The lowest BCUT2D eigenvalue weighted by Crippen LogP contribution is -2.04. The summed E-state index contributed by atoms with van der Waals surface area (Å²) in [4.78, 5) is 4.23. The SMILES string of the molecule is C#CCCCC(O)c1ncccc1CC. The minimum Gasteiger partial charge on any atom is -0.387 e. The summed E-state index contributed by atoms with van der Waals surface area (Å²) in [7, 11) is 0. The summed E-state index contributed by atoms with van der Waals surface area (Å²) in [6, 6.07) is 3.91. The van der Waals surface area contributed by atoms with Crippen molar-refractivity contribution in [1.29, 1.82) is 0 Å². The van der Waals surface area contributed by atoms with Crippen molar-refractivity contribution >= 4 is 0 Å². The Morgan fingerprint density at radius 3 is 3.07 bits per heavy atom. The monoisotopic (exact) mass is 203 g/mol. The number of hydrogen-bond donors (Lipinski definition) is 1. The van der Waals surface area contributed by atoms with Gasteiger partial charge in [0, 0.05) is 12.6 Å².